The number of carboxylic acids is 1. The number of carboxylic acid groups (broad SMARTS) is 1. The standard InChI is InChI=1S/C12H9NO4/c14-10-6-8(7-11(15)16)12(17)13(10)9-4-2-1-3-5-9/h1-5,7H,6H2,(H,15,16)/b8-7+. The van der Waals surface area contributed by atoms with Gasteiger partial charge >= 0.3 is 5.97 Å². The van der Waals surface area contributed by atoms with Crippen molar-refractivity contribution >= 4 is 23.5 Å². The monoisotopic (exact) mass is 231 g/mol. The van der Waals surface area contributed by atoms with E-state index in [1.165, 1.54) is 0 Å². The van der Waals surface area contributed by atoms with Crippen molar-refractivity contribution in [2.45, 2.75) is 6.42 Å². The topological polar surface area (TPSA) is 74.7 Å². The van der Waals surface area contributed by atoms with Crippen LogP contribution in [0, 0.1) is 0 Å². The van der Waals surface area contributed by atoms with E-state index >= 15 is 0 Å². The molecule has 0 aromatic heterocycles. The number of hydrogen-bond acceptors (Lipinski definition) is 3. The van der Waals surface area contributed by atoms with E-state index in [2.05, 4.69) is 0 Å². The number of carbonyl (C=O) groups is 3. The molecule has 86 valence electrons. The number of anilines is 1. The first-order valence-corrected chi connectivity index (χ1v) is 4.95. The van der Waals surface area contributed by atoms with Gasteiger partial charge in [-0.15, -0.1) is 0 Å². The molecule has 0 atom stereocenters. The normalized spacial score (nSPS) is 17.9. The van der Waals surface area contributed by atoms with E-state index in [-0.39, 0.29) is 12.0 Å². The molecule has 1 N–H and O–H groups in total. The summed E-state index contributed by atoms with van der Waals surface area (Å²) in [4.78, 5) is 35.0. The minimum atomic E-state index is -1.23. The minimum Gasteiger partial charge on any atom is -0.478 e. The van der Waals surface area contributed by atoms with E-state index in [9.17, 15) is 14.4 Å². The average Bonchev–Trinajstić information content (AvgIpc) is 2.54. The largest absolute Gasteiger partial charge is 0.478 e. The molecule has 1 aliphatic rings. The summed E-state index contributed by atoms with van der Waals surface area (Å²) in [5.41, 5.74) is 0.461. The Morgan fingerprint density at radius 3 is 2.47 bits per heavy atom. The highest BCUT2D eigenvalue weighted by atomic mass is 16.4. The molecule has 1 fully saturated rings. The predicted molar refractivity (Wildman–Crippen MR) is 59.3 cm³/mol. The molecule has 0 saturated carbocycles. The van der Waals surface area contributed by atoms with Crippen molar-refractivity contribution in [1.82, 2.24) is 0 Å². The Morgan fingerprint density at radius 1 is 1.24 bits per heavy atom. The van der Waals surface area contributed by atoms with Gasteiger partial charge in [0.1, 0.15) is 0 Å². The SMILES string of the molecule is O=C(O)/C=C1\CC(=O)N(c2ccccc2)C1=O. The molecular weight excluding hydrogens is 222 g/mol. The molecule has 17 heavy (non-hydrogen) atoms. The van der Waals surface area contributed by atoms with E-state index in [4.69, 9.17) is 5.11 Å². The van der Waals surface area contributed by atoms with Crippen LogP contribution in [-0.2, 0) is 14.4 Å². The molecule has 1 heterocycles. The van der Waals surface area contributed by atoms with Gasteiger partial charge < -0.3 is 5.11 Å². The third kappa shape index (κ3) is 2.08. The van der Waals surface area contributed by atoms with Gasteiger partial charge in [0.15, 0.2) is 0 Å². The van der Waals surface area contributed by atoms with Gasteiger partial charge in [-0.3, -0.25) is 9.59 Å². The maximum absolute atomic E-state index is 11.8. The highest BCUT2D eigenvalue weighted by molar-refractivity contribution is 6.29. The first kappa shape index (κ1) is 11.1. The zero-order valence-electron chi connectivity index (χ0n) is 8.79. The summed E-state index contributed by atoms with van der Waals surface area (Å²) in [5, 5.41) is 8.58. The molecule has 2 amide bonds. The quantitative estimate of drug-likeness (QED) is 0.607. The van der Waals surface area contributed by atoms with Crippen LogP contribution in [0.2, 0.25) is 0 Å². The number of carbonyl (C=O) groups excluding carboxylic acids is 2. The number of para-hydroxylation sites is 1. The van der Waals surface area contributed by atoms with Crippen LogP contribution in [0.15, 0.2) is 42.0 Å². The zero-order valence-corrected chi connectivity index (χ0v) is 8.79. The van der Waals surface area contributed by atoms with Gasteiger partial charge in [0.05, 0.1) is 12.1 Å². The maximum atomic E-state index is 11.8. The number of amides is 2. The van der Waals surface area contributed by atoms with E-state index < -0.39 is 17.8 Å². The molecular formula is C12H9NO4. The third-order valence-electron chi connectivity index (χ3n) is 2.38. The lowest BCUT2D eigenvalue weighted by Gasteiger charge is -2.12. The molecule has 5 heteroatoms. The van der Waals surface area contributed by atoms with Gasteiger partial charge in [0.25, 0.3) is 5.91 Å². The molecule has 1 aromatic carbocycles. The molecule has 0 radical (unpaired) electrons. The van der Waals surface area contributed by atoms with Crippen LogP contribution in [-0.4, -0.2) is 22.9 Å². The second-order valence-corrected chi connectivity index (χ2v) is 3.55. The Kier molecular flexibility index (Phi) is 2.74. The van der Waals surface area contributed by atoms with Gasteiger partial charge in [-0.25, -0.2) is 9.69 Å². The van der Waals surface area contributed by atoms with E-state index in [1.807, 2.05) is 0 Å². The van der Waals surface area contributed by atoms with Gasteiger partial charge in [-0.2, -0.15) is 0 Å². The van der Waals surface area contributed by atoms with Crippen LogP contribution >= 0.6 is 0 Å². The van der Waals surface area contributed by atoms with Crippen LogP contribution in [0.1, 0.15) is 6.42 Å². The van der Waals surface area contributed by atoms with E-state index in [0.717, 1.165) is 11.0 Å². The number of rotatable bonds is 2. The maximum Gasteiger partial charge on any atom is 0.328 e. The minimum absolute atomic E-state index is 0.00588. The van der Waals surface area contributed by atoms with Crippen LogP contribution < -0.4 is 4.90 Å². The fraction of sp³-hybridized carbons (Fsp3) is 0.0833. The lowest BCUT2D eigenvalue weighted by molar-refractivity contribution is -0.131. The van der Waals surface area contributed by atoms with E-state index in [1.54, 1.807) is 30.3 Å². The second-order valence-electron chi connectivity index (χ2n) is 3.55. The Hall–Kier alpha value is -2.43. The van der Waals surface area contributed by atoms with Gasteiger partial charge in [-0.1, -0.05) is 18.2 Å². The molecule has 0 bridgehead atoms. The zero-order chi connectivity index (χ0) is 12.4. The molecule has 1 aromatic rings. The first-order valence-electron chi connectivity index (χ1n) is 4.95. The molecule has 1 aliphatic heterocycles. The highest BCUT2D eigenvalue weighted by Gasteiger charge is 2.35. The number of imide groups is 1. The number of benzene rings is 1. The van der Waals surface area contributed by atoms with Gasteiger partial charge in [0.2, 0.25) is 5.91 Å². The molecule has 1 saturated heterocycles. The van der Waals surface area contributed by atoms with Crippen molar-refractivity contribution < 1.29 is 19.5 Å². The van der Waals surface area contributed by atoms with Crippen molar-refractivity contribution in [1.29, 1.82) is 0 Å². The van der Waals surface area contributed by atoms with Crippen LogP contribution in [0.25, 0.3) is 0 Å². The van der Waals surface area contributed by atoms with Crippen molar-refractivity contribution in [2.75, 3.05) is 4.90 Å². The van der Waals surface area contributed by atoms with Crippen molar-refractivity contribution in [3.8, 4) is 0 Å². The van der Waals surface area contributed by atoms with Crippen molar-refractivity contribution in [2.24, 2.45) is 0 Å². The Labute approximate surface area is 97.0 Å². The predicted octanol–water partition coefficient (Wildman–Crippen LogP) is 0.961. The summed E-state index contributed by atoms with van der Waals surface area (Å²) < 4.78 is 0. The van der Waals surface area contributed by atoms with Crippen molar-refractivity contribution in [3.05, 3.63) is 42.0 Å². The molecule has 0 aliphatic carbocycles. The molecule has 2 rings (SSSR count). The van der Waals surface area contributed by atoms with Gasteiger partial charge in [0, 0.05) is 11.6 Å². The molecule has 0 unspecified atom stereocenters. The third-order valence-corrected chi connectivity index (χ3v) is 2.38. The summed E-state index contributed by atoms with van der Waals surface area (Å²) in [6.07, 6.45) is 0.614. The lowest BCUT2D eigenvalue weighted by atomic mass is 10.2. The summed E-state index contributed by atoms with van der Waals surface area (Å²) in [6.45, 7) is 0. The summed E-state index contributed by atoms with van der Waals surface area (Å²) >= 11 is 0. The Bertz CT molecular complexity index is 519. The number of hydrogen-bond donors (Lipinski definition) is 1. The lowest BCUT2D eigenvalue weighted by Crippen LogP contribution is -2.28. The highest BCUT2D eigenvalue weighted by Crippen LogP contribution is 2.25. The summed E-state index contributed by atoms with van der Waals surface area (Å²) in [5.74, 6) is -2.20. The van der Waals surface area contributed by atoms with Crippen molar-refractivity contribution in [3.63, 3.8) is 0 Å². The number of nitrogens with zero attached hydrogens (tertiary/aromatic N) is 1. The number of aliphatic carboxylic acids is 1. The van der Waals surface area contributed by atoms with Crippen LogP contribution in [0.5, 0.6) is 0 Å². The summed E-state index contributed by atoms with van der Waals surface area (Å²) in [6, 6.07) is 8.42. The van der Waals surface area contributed by atoms with Crippen LogP contribution in [0.4, 0.5) is 5.69 Å². The Balaban J connectivity index is 2.36. The van der Waals surface area contributed by atoms with Gasteiger partial charge in [-0.05, 0) is 12.1 Å². The smallest absolute Gasteiger partial charge is 0.328 e. The summed E-state index contributed by atoms with van der Waals surface area (Å²) in [7, 11) is 0. The molecule has 5 nitrogen and oxygen atoms in total. The Morgan fingerprint density at radius 2 is 1.88 bits per heavy atom. The van der Waals surface area contributed by atoms with Crippen LogP contribution in [0.3, 0.4) is 0 Å². The fourth-order valence-electron chi connectivity index (χ4n) is 1.67. The average molecular weight is 231 g/mol. The first-order chi connectivity index (χ1) is 8.09. The fourth-order valence-corrected chi connectivity index (χ4v) is 1.67. The van der Waals surface area contributed by atoms with E-state index in [0.29, 0.717) is 5.69 Å². The second kappa shape index (κ2) is 4.21. The molecule has 0 spiro atoms.